The molecule has 12 heteroatoms. The first kappa shape index (κ1) is 24.2. The van der Waals surface area contributed by atoms with Gasteiger partial charge >= 0.3 is 6.36 Å². The average Bonchev–Trinajstić information content (AvgIpc) is 2.68. The Morgan fingerprint density at radius 1 is 0.938 bits per heavy atom. The summed E-state index contributed by atoms with van der Waals surface area (Å²) in [6.07, 6.45) is -5.69. The largest absolute Gasteiger partial charge is 0.573 e. The minimum atomic E-state index is -5.17. The van der Waals surface area contributed by atoms with E-state index in [0.29, 0.717) is 9.64 Å². The van der Waals surface area contributed by atoms with Crippen LogP contribution in [-0.2, 0) is 16.4 Å². The Kier molecular flexibility index (Phi) is 6.93. The van der Waals surface area contributed by atoms with Gasteiger partial charge < -0.3 is 4.74 Å². The highest BCUT2D eigenvalue weighted by Crippen LogP contribution is 2.33. The van der Waals surface area contributed by atoms with Gasteiger partial charge in [-0.25, -0.2) is 21.6 Å². The smallest absolute Gasteiger partial charge is 0.404 e. The summed E-state index contributed by atoms with van der Waals surface area (Å²) in [5.41, 5.74) is -1.04. The molecular formula is C20H12F6INO3S. The van der Waals surface area contributed by atoms with Crippen molar-refractivity contribution in [3.8, 4) is 5.75 Å². The molecule has 0 saturated heterocycles. The van der Waals surface area contributed by atoms with E-state index in [4.69, 9.17) is 0 Å². The van der Waals surface area contributed by atoms with E-state index in [0.717, 1.165) is 36.4 Å². The molecule has 0 unspecified atom stereocenters. The molecule has 32 heavy (non-hydrogen) atoms. The molecule has 0 atom stereocenters. The van der Waals surface area contributed by atoms with Crippen LogP contribution in [0.1, 0.15) is 11.1 Å². The minimum Gasteiger partial charge on any atom is -0.404 e. The molecule has 0 aliphatic heterocycles. The van der Waals surface area contributed by atoms with Gasteiger partial charge in [-0.05, 0) is 64.6 Å². The number of hydrogen-bond donors (Lipinski definition) is 1. The molecule has 0 aliphatic carbocycles. The monoisotopic (exact) mass is 587 g/mol. The average molecular weight is 587 g/mol. The van der Waals surface area contributed by atoms with Gasteiger partial charge in [0.1, 0.15) is 16.5 Å². The molecule has 0 aliphatic rings. The second-order valence-corrected chi connectivity index (χ2v) is 9.30. The highest BCUT2D eigenvalue weighted by atomic mass is 127. The summed E-state index contributed by atoms with van der Waals surface area (Å²) < 4.78 is 112. The fourth-order valence-corrected chi connectivity index (χ4v) is 4.47. The summed E-state index contributed by atoms with van der Waals surface area (Å²) >= 11 is 1.85. The number of rotatable bonds is 6. The predicted molar refractivity (Wildman–Crippen MR) is 112 cm³/mol. The lowest BCUT2D eigenvalue weighted by atomic mass is 10.0. The van der Waals surface area contributed by atoms with Gasteiger partial charge in [0.05, 0.1) is 5.69 Å². The van der Waals surface area contributed by atoms with Crippen molar-refractivity contribution in [3.63, 3.8) is 0 Å². The van der Waals surface area contributed by atoms with E-state index in [-0.39, 0.29) is 5.56 Å². The molecule has 0 bridgehead atoms. The molecule has 3 rings (SSSR count). The Hall–Kier alpha value is -2.48. The molecule has 0 spiro atoms. The van der Waals surface area contributed by atoms with Crippen molar-refractivity contribution in [2.75, 3.05) is 4.72 Å². The Bertz CT molecular complexity index is 1260. The summed E-state index contributed by atoms with van der Waals surface area (Å²) in [6.45, 7) is 0. The van der Waals surface area contributed by atoms with Crippen LogP contribution < -0.4 is 9.46 Å². The third kappa shape index (κ3) is 5.65. The molecule has 0 aromatic heterocycles. The van der Waals surface area contributed by atoms with Crippen LogP contribution in [0.5, 0.6) is 5.75 Å². The Balaban J connectivity index is 2.04. The number of halogens is 7. The molecule has 4 nitrogen and oxygen atoms in total. The summed E-state index contributed by atoms with van der Waals surface area (Å²) in [6, 6.07) is 9.45. The van der Waals surface area contributed by atoms with Gasteiger partial charge in [-0.15, -0.1) is 13.2 Å². The quantitative estimate of drug-likeness (QED) is 0.285. The summed E-state index contributed by atoms with van der Waals surface area (Å²) in [4.78, 5) is -0.881. The number of sulfonamides is 1. The van der Waals surface area contributed by atoms with Gasteiger partial charge in [0.15, 0.2) is 11.6 Å². The maximum atomic E-state index is 14.5. The van der Waals surface area contributed by atoms with Gasteiger partial charge in [0.25, 0.3) is 10.0 Å². The van der Waals surface area contributed by atoms with E-state index in [1.807, 2.05) is 27.3 Å². The molecule has 0 saturated carbocycles. The van der Waals surface area contributed by atoms with Crippen LogP contribution in [0.15, 0.2) is 59.5 Å². The molecule has 170 valence electrons. The van der Waals surface area contributed by atoms with Crippen LogP contribution in [0.3, 0.4) is 0 Å². The van der Waals surface area contributed by atoms with E-state index in [1.165, 1.54) is 12.1 Å². The molecule has 3 aromatic carbocycles. The minimum absolute atomic E-state index is 0.0452. The number of para-hydroxylation sites is 1. The number of hydrogen-bond acceptors (Lipinski definition) is 3. The van der Waals surface area contributed by atoms with Crippen LogP contribution in [0.4, 0.5) is 32.0 Å². The van der Waals surface area contributed by atoms with Gasteiger partial charge in [-0.2, -0.15) is 0 Å². The number of ether oxygens (including phenoxy) is 1. The van der Waals surface area contributed by atoms with Crippen LogP contribution in [0, 0.1) is 21.0 Å². The predicted octanol–water partition coefficient (Wildman–Crippen LogP) is 6.00. The lowest BCUT2D eigenvalue weighted by Gasteiger charge is -2.17. The molecule has 0 fully saturated rings. The first-order chi connectivity index (χ1) is 14.9. The number of alkyl halides is 3. The van der Waals surface area contributed by atoms with Crippen molar-refractivity contribution >= 4 is 38.3 Å². The molecule has 3 aromatic rings. The first-order valence-electron chi connectivity index (χ1n) is 8.66. The highest BCUT2D eigenvalue weighted by molar-refractivity contribution is 14.1. The maximum absolute atomic E-state index is 14.5. The van der Waals surface area contributed by atoms with E-state index >= 15 is 0 Å². The molecule has 0 heterocycles. The van der Waals surface area contributed by atoms with Gasteiger partial charge in [0.2, 0.25) is 0 Å². The van der Waals surface area contributed by atoms with Crippen LogP contribution >= 0.6 is 22.6 Å². The van der Waals surface area contributed by atoms with Gasteiger partial charge in [-0.3, -0.25) is 4.72 Å². The summed E-state index contributed by atoms with van der Waals surface area (Å²) in [5, 5.41) is 0. The zero-order chi connectivity index (χ0) is 23.7. The normalized spacial score (nSPS) is 12.0. The number of nitrogens with one attached hydrogen (secondary N) is 1. The summed E-state index contributed by atoms with van der Waals surface area (Å²) in [7, 11) is -4.74. The standard InChI is InChI=1S/C20H12F6INO3S/c21-14-7-8-16(13(19(14)23)9-11-5-6-12(27)10-15(11)22)28-32(29,30)18-4-2-1-3-17(18)31-20(24,25)26/h1-8,10,28H,9H2. The van der Waals surface area contributed by atoms with Crippen molar-refractivity contribution < 1.29 is 39.5 Å². The lowest BCUT2D eigenvalue weighted by molar-refractivity contribution is -0.275. The molecule has 1 N–H and O–H groups in total. The fourth-order valence-electron chi connectivity index (χ4n) is 2.80. The molecule has 0 radical (unpaired) electrons. The summed E-state index contributed by atoms with van der Waals surface area (Å²) in [5.74, 6) is -4.48. The molecule has 0 amide bonds. The Morgan fingerprint density at radius 3 is 2.28 bits per heavy atom. The van der Waals surface area contributed by atoms with E-state index < -0.39 is 62.2 Å². The van der Waals surface area contributed by atoms with Gasteiger partial charge in [-0.1, -0.05) is 18.2 Å². The maximum Gasteiger partial charge on any atom is 0.573 e. The van der Waals surface area contributed by atoms with E-state index in [1.54, 1.807) is 0 Å². The van der Waals surface area contributed by atoms with Crippen LogP contribution in [0.25, 0.3) is 0 Å². The molecular weight excluding hydrogens is 575 g/mol. The van der Waals surface area contributed by atoms with Crippen LogP contribution in [0.2, 0.25) is 0 Å². The van der Waals surface area contributed by atoms with Crippen molar-refractivity contribution in [3.05, 3.63) is 86.7 Å². The van der Waals surface area contributed by atoms with Crippen molar-refractivity contribution in [1.29, 1.82) is 0 Å². The Labute approximate surface area is 192 Å². The third-order valence-electron chi connectivity index (χ3n) is 4.19. The highest BCUT2D eigenvalue weighted by Gasteiger charge is 2.34. The third-order valence-corrected chi connectivity index (χ3v) is 6.26. The van der Waals surface area contributed by atoms with Crippen molar-refractivity contribution in [2.45, 2.75) is 17.7 Å². The SMILES string of the molecule is O=S(=O)(Nc1ccc(F)c(F)c1Cc1ccc(I)cc1F)c1ccccc1OC(F)(F)F. The second kappa shape index (κ2) is 9.17. The van der Waals surface area contributed by atoms with Crippen molar-refractivity contribution in [2.24, 2.45) is 0 Å². The Morgan fingerprint density at radius 2 is 1.62 bits per heavy atom. The van der Waals surface area contributed by atoms with Crippen molar-refractivity contribution in [1.82, 2.24) is 0 Å². The zero-order valence-electron chi connectivity index (χ0n) is 15.7. The fraction of sp³-hybridized carbons (Fsp3) is 0.100. The number of benzene rings is 3. The van der Waals surface area contributed by atoms with Gasteiger partial charge in [0, 0.05) is 15.6 Å². The van der Waals surface area contributed by atoms with E-state index in [9.17, 15) is 34.8 Å². The van der Waals surface area contributed by atoms with E-state index in [2.05, 4.69) is 4.74 Å². The van der Waals surface area contributed by atoms with Crippen LogP contribution in [-0.4, -0.2) is 14.8 Å². The topological polar surface area (TPSA) is 55.4 Å². The zero-order valence-corrected chi connectivity index (χ0v) is 18.7. The number of anilines is 1. The second-order valence-electron chi connectivity index (χ2n) is 6.40. The first-order valence-corrected chi connectivity index (χ1v) is 11.2. The lowest BCUT2D eigenvalue weighted by Crippen LogP contribution is -2.21.